The van der Waals surface area contributed by atoms with Crippen LogP contribution in [0.25, 0.3) is 11.3 Å². The Hall–Kier alpha value is -0.870. The van der Waals surface area contributed by atoms with Gasteiger partial charge in [-0.1, -0.05) is 35.0 Å². The van der Waals surface area contributed by atoms with Gasteiger partial charge in [0.2, 0.25) is 0 Å². The van der Waals surface area contributed by atoms with Crippen LogP contribution in [0.4, 0.5) is 5.00 Å². The van der Waals surface area contributed by atoms with Crippen LogP contribution in [-0.2, 0) is 6.42 Å². The third-order valence-corrected chi connectivity index (χ3v) is 3.75. The molecule has 0 bridgehead atoms. The van der Waals surface area contributed by atoms with Crippen molar-refractivity contribution in [2.24, 2.45) is 0 Å². The van der Waals surface area contributed by atoms with Crippen molar-refractivity contribution >= 4 is 32.3 Å². The van der Waals surface area contributed by atoms with Crippen LogP contribution in [0.15, 0.2) is 28.7 Å². The smallest absolute Gasteiger partial charge is 0.114 e. The Bertz CT molecular complexity index is 476. The number of benzene rings is 1. The summed E-state index contributed by atoms with van der Waals surface area (Å²) < 4.78 is 1.07. The predicted molar refractivity (Wildman–Crippen MR) is 73.7 cm³/mol. The Morgan fingerprint density at radius 1 is 1.31 bits per heavy atom. The highest BCUT2D eigenvalue weighted by Crippen LogP contribution is 2.31. The van der Waals surface area contributed by atoms with Gasteiger partial charge in [0.1, 0.15) is 10.7 Å². The van der Waals surface area contributed by atoms with E-state index in [0.29, 0.717) is 0 Å². The van der Waals surface area contributed by atoms with Crippen LogP contribution in [-0.4, -0.2) is 4.98 Å². The predicted octanol–water partition coefficient (Wildman–Crippen LogP) is 4.11. The van der Waals surface area contributed by atoms with Crippen LogP contribution >= 0.6 is 27.3 Å². The molecule has 0 aliphatic carbocycles. The van der Waals surface area contributed by atoms with Gasteiger partial charge in [0.15, 0.2) is 0 Å². The van der Waals surface area contributed by atoms with Crippen LogP contribution in [0.1, 0.15) is 18.4 Å². The molecule has 1 aromatic heterocycles. The minimum Gasteiger partial charge on any atom is -0.389 e. The number of thiazole rings is 1. The molecule has 16 heavy (non-hydrogen) atoms. The minimum atomic E-state index is 0.811. The van der Waals surface area contributed by atoms with Crippen LogP contribution < -0.4 is 5.73 Å². The SMILES string of the molecule is CCCc1nc(-c2ccc(Br)cc2)c(N)s1. The molecule has 84 valence electrons. The van der Waals surface area contributed by atoms with Gasteiger partial charge in [0, 0.05) is 10.0 Å². The molecule has 0 saturated carbocycles. The zero-order valence-electron chi connectivity index (χ0n) is 9.03. The van der Waals surface area contributed by atoms with Gasteiger partial charge >= 0.3 is 0 Å². The lowest BCUT2D eigenvalue weighted by Gasteiger charge is -1.98. The fourth-order valence-electron chi connectivity index (χ4n) is 1.51. The lowest BCUT2D eigenvalue weighted by atomic mass is 10.2. The van der Waals surface area contributed by atoms with E-state index >= 15 is 0 Å². The van der Waals surface area contributed by atoms with E-state index in [-0.39, 0.29) is 0 Å². The second-order valence-corrected chi connectivity index (χ2v) is 5.61. The number of aromatic nitrogens is 1. The molecular formula is C12H13BrN2S. The molecule has 0 fully saturated rings. The number of rotatable bonds is 3. The number of aryl methyl sites for hydroxylation is 1. The summed E-state index contributed by atoms with van der Waals surface area (Å²) in [6, 6.07) is 8.08. The molecule has 2 aromatic rings. The van der Waals surface area contributed by atoms with E-state index in [1.54, 1.807) is 11.3 Å². The summed E-state index contributed by atoms with van der Waals surface area (Å²) in [7, 11) is 0. The first-order valence-corrected chi connectivity index (χ1v) is 6.82. The number of halogens is 1. The van der Waals surface area contributed by atoms with E-state index < -0.39 is 0 Å². The Kier molecular flexibility index (Phi) is 3.61. The lowest BCUT2D eigenvalue weighted by Crippen LogP contribution is -1.86. The van der Waals surface area contributed by atoms with E-state index in [9.17, 15) is 0 Å². The van der Waals surface area contributed by atoms with E-state index in [1.165, 1.54) is 0 Å². The monoisotopic (exact) mass is 296 g/mol. The highest BCUT2D eigenvalue weighted by atomic mass is 79.9. The number of nitrogens with zero attached hydrogens (tertiary/aromatic N) is 1. The molecule has 0 radical (unpaired) electrons. The second-order valence-electron chi connectivity index (χ2n) is 3.58. The number of nitrogens with two attached hydrogens (primary N) is 1. The summed E-state index contributed by atoms with van der Waals surface area (Å²) in [4.78, 5) is 4.58. The van der Waals surface area contributed by atoms with Crippen molar-refractivity contribution in [1.29, 1.82) is 0 Å². The molecule has 1 aromatic carbocycles. The van der Waals surface area contributed by atoms with E-state index in [1.807, 2.05) is 24.3 Å². The van der Waals surface area contributed by atoms with Crippen molar-refractivity contribution in [3.8, 4) is 11.3 Å². The molecule has 0 aliphatic rings. The minimum absolute atomic E-state index is 0.811. The summed E-state index contributed by atoms with van der Waals surface area (Å²) in [5.74, 6) is 0. The maximum Gasteiger partial charge on any atom is 0.114 e. The number of hydrogen-bond acceptors (Lipinski definition) is 3. The zero-order chi connectivity index (χ0) is 11.5. The Labute approximate surface area is 108 Å². The fraction of sp³-hybridized carbons (Fsp3) is 0.250. The van der Waals surface area contributed by atoms with Crippen molar-refractivity contribution in [1.82, 2.24) is 4.98 Å². The summed E-state index contributed by atoms with van der Waals surface area (Å²) in [5, 5.41) is 1.93. The van der Waals surface area contributed by atoms with Gasteiger partial charge in [0.05, 0.1) is 5.01 Å². The van der Waals surface area contributed by atoms with Crippen LogP contribution in [0, 0.1) is 0 Å². The molecule has 2 nitrogen and oxygen atoms in total. The number of anilines is 1. The fourth-order valence-corrected chi connectivity index (χ4v) is 2.73. The standard InChI is InChI=1S/C12H13BrN2S/c1-2-3-10-15-11(12(14)16-10)8-4-6-9(13)7-5-8/h4-7H,2-3,14H2,1H3. The molecule has 0 atom stereocenters. The molecule has 0 saturated heterocycles. The second kappa shape index (κ2) is 4.97. The summed E-state index contributed by atoms with van der Waals surface area (Å²) >= 11 is 5.01. The molecule has 0 spiro atoms. The van der Waals surface area contributed by atoms with Crippen molar-refractivity contribution in [2.45, 2.75) is 19.8 Å². The third-order valence-electron chi connectivity index (χ3n) is 2.28. The van der Waals surface area contributed by atoms with Gasteiger partial charge in [-0.25, -0.2) is 4.98 Å². The lowest BCUT2D eigenvalue weighted by molar-refractivity contribution is 0.910. The Morgan fingerprint density at radius 2 is 2.00 bits per heavy atom. The topological polar surface area (TPSA) is 38.9 Å². The largest absolute Gasteiger partial charge is 0.389 e. The van der Waals surface area contributed by atoms with E-state index in [4.69, 9.17) is 5.73 Å². The molecule has 0 unspecified atom stereocenters. The number of hydrogen-bond donors (Lipinski definition) is 1. The van der Waals surface area contributed by atoms with Crippen molar-refractivity contribution in [3.05, 3.63) is 33.7 Å². The summed E-state index contributed by atoms with van der Waals surface area (Å²) in [6.07, 6.45) is 2.11. The first-order valence-electron chi connectivity index (χ1n) is 5.22. The molecule has 2 rings (SSSR count). The third kappa shape index (κ3) is 2.44. The van der Waals surface area contributed by atoms with Gasteiger partial charge in [-0.2, -0.15) is 0 Å². The van der Waals surface area contributed by atoms with E-state index in [2.05, 4.69) is 27.8 Å². The quantitative estimate of drug-likeness (QED) is 0.926. The molecular weight excluding hydrogens is 284 g/mol. The maximum absolute atomic E-state index is 5.99. The van der Waals surface area contributed by atoms with Crippen LogP contribution in [0.5, 0.6) is 0 Å². The summed E-state index contributed by atoms with van der Waals surface area (Å²) in [5.41, 5.74) is 7.99. The van der Waals surface area contributed by atoms with Gasteiger partial charge < -0.3 is 5.73 Å². The highest BCUT2D eigenvalue weighted by molar-refractivity contribution is 9.10. The average molecular weight is 297 g/mol. The van der Waals surface area contributed by atoms with Gasteiger partial charge in [0.25, 0.3) is 0 Å². The van der Waals surface area contributed by atoms with Gasteiger partial charge in [-0.05, 0) is 25.0 Å². The Balaban J connectivity index is 2.36. The van der Waals surface area contributed by atoms with Crippen molar-refractivity contribution < 1.29 is 0 Å². The Morgan fingerprint density at radius 3 is 2.62 bits per heavy atom. The first kappa shape index (κ1) is 11.6. The van der Waals surface area contributed by atoms with Gasteiger partial charge in [-0.15, -0.1) is 11.3 Å². The first-order chi connectivity index (χ1) is 7.70. The molecule has 2 N–H and O–H groups in total. The maximum atomic E-state index is 5.99. The molecule has 4 heteroatoms. The van der Waals surface area contributed by atoms with Crippen LogP contribution in [0.3, 0.4) is 0 Å². The highest BCUT2D eigenvalue weighted by Gasteiger charge is 2.09. The molecule has 1 heterocycles. The van der Waals surface area contributed by atoms with Gasteiger partial charge in [-0.3, -0.25) is 0 Å². The average Bonchev–Trinajstić information content (AvgIpc) is 2.61. The van der Waals surface area contributed by atoms with Crippen molar-refractivity contribution in [3.63, 3.8) is 0 Å². The molecule has 0 amide bonds. The normalized spacial score (nSPS) is 10.6. The summed E-state index contributed by atoms with van der Waals surface area (Å²) in [6.45, 7) is 2.15. The molecule has 0 aliphatic heterocycles. The van der Waals surface area contributed by atoms with Crippen molar-refractivity contribution in [2.75, 3.05) is 5.73 Å². The number of nitrogen functional groups attached to an aromatic ring is 1. The van der Waals surface area contributed by atoms with E-state index in [0.717, 1.165) is 38.6 Å². The zero-order valence-corrected chi connectivity index (χ0v) is 11.4. The van der Waals surface area contributed by atoms with Crippen LogP contribution in [0.2, 0.25) is 0 Å².